The van der Waals surface area contributed by atoms with Crippen LogP contribution in [0.25, 0.3) is 0 Å². The fourth-order valence-corrected chi connectivity index (χ4v) is 1.12. The monoisotopic (exact) mass is 158 g/mol. The molecule has 0 aromatic rings. The molecule has 0 fully saturated rings. The SMILES string of the molecule is CCCCCCCCNNC. The molecule has 0 spiro atoms. The molecule has 0 heterocycles. The second kappa shape index (κ2) is 9.92. The van der Waals surface area contributed by atoms with Crippen LogP contribution in [0.5, 0.6) is 0 Å². The first-order valence-corrected chi connectivity index (χ1v) is 4.81. The van der Waals surface area contributed by atoms with E-state index >= 15 is 0 Å². The molecule has 0 rings (SSSR count). The summed E-state index contributed by atoms with van der Waals surface area (Å²) in [7, 11) is 1.91. The zero-order valence-electron chi connectivity index (χ0n) is 7.95. The summed E-state index contributed by atoms with van der Waals surface area (Å²) in [6.07, 6.45) is 8.22. The molecule has 0 atom stereocenters. The lowest BCUT2D eigenvalue weighted by atomic mass is 10.1. The fraction of sp³-hybridized carbons (Fsp3) is 1.00. The van der Waals surface area contributed by atoms with Crippen molar-refractivity contribution in [2.24, 2.45) is 0 Å². The van der Waals surface area contributed by atoms with Gasteiger partial charge in [-0.25, -0.2) is 0 Å². The summed E-state index contributed by atoms with van der Waals surface area (Å²) in [5, 5.41) is 0. The number of hydrogen-bond acceptors (Lipinski definition) is 2. The minimum atomic E-state index is 1.10. The number of rotatable bonds is 8. The van der Waals surface area contributed by atoms with Gasteiger partial charge in [0.1, 0.15) is 0 Å². The summed E-state index contributed by atoms with van der Waals surface area (Å²) < 4.78 is 0. The lowest BCUT2D eigenvalue weighted by Gasteiger charge is -2.01. The van der Waals surface area contributed by atoms with Gasteiger partial charge < -0.3 is 0 Å². The Labute approximate surface area is 70.7 Å². The number of hydrogen-bond donors (Lipinski definition) is 2. The first kappa shape index (κ1) is 10.9. The van der Waals surface area contributed by atoms with E-state index in [1.54, 1.807) is 0 Å². The average Bonchev–Trinajstić information content (AvgIpc) is 2.03. The van der Waals surface area contributed by atoms with E-state index in [1.807, 2.05) is 7.05 Å². The number of nitrogens with one attached hydrogen (secondary N) is 2. The van der Waals surface area contributed by atoms with E-state index in [-0.39, 0.29) is 0 Å². The van der Waals surface area contributed by atoms with Gasteiger partial charge in [0.25, 0.3) is 0 Å². The summed E-state index contributed by atoms with van der Waals surface area (Å²) in [5.74, 6) is 0. The van der Waals surface area contributed by atoms with Crippen molar-refractivity contribution in [2.75, 3.05) is 13.6 Å². The average molecular weight is 158 g/mol. The van der Waals surface area contributed by atoms with E-state index in [9.17, 15) is 0 Å². The highest BCUT2D eigenvalue weighted by atomic mass is 15.3. The van der Waals surface area contributed by atoms with E-state index in [0.717, 1.165) is 6.54 Å². The van der Waals surface area contributed by atoms with E-state index in [1.165, 1.54) is 38.5 Å². The van der Waals surface area contributed by atoms with Crippen LogP contribution in [0.4, 0.5) is 0 Å². The molecule has 0 aliphatic heterocycles. The van der Waals surface area contributed by atoms with Crippen molar-refractivity contribution >= 4 is 0 Å². The molecule has 0 unspecified atom stereocenters. The van der Waals surface area contributed by atoms with Gasteiger partial charge in [0.2, 0.25) is 0 Å². The first-order valence-electron chi connectivity index (χ1n) is 4.81. The van der Waals surface area contributed by atoms with Crippen LogP contribution in [0.3, 0.4) is 0 Å². The predicted octanol–water partition coefficient (Wildman–Crippen LogP) is 2.07. The van der Waals surface area contributed by atoms with Crippen molar-refractivity contribution in [1.82, 2.24) is 10.9 Å². The fourth-order valence-electron chi connectivity index (χ4n) is 1.12. The van der Waals surface area contributed by atoms with Gasteiger partial charge in [-0.3, -0.25) is 10.9 Å². The Morgan fingerprint density at radius 1 is 0.909 bits per heavy atom. The summed E-state index contributed by atoms with van der Waals surface area (Å²) in [5.41, 5.74) is 6.01. The van der Waals surface area contributed by atoms with Crippen LogP contribution >= 0.6 is 0 Å². The zero-order chi connectivity index (χ0) is 8.36. The summed E-state index contributed by atoms with van der Waals surface area (Å²) in [6.45, 7) is 3.35. The van der Waals surface area contributed by atoms with Gasteiger partial charge in [0.15, 0.2) is 0 Å². The standard InChI is InChI=1S/C9H22N2/c1-3-4-5-6-7-8-9-11-10-2/h10-11H,3-9H2,1-2H3. The highest BCUT2D eigenvalue weighted by molar-refractivity contribution is 4.45. The highest BCUT2D eigenvalue weighted by Gasteiger charge is 1.88. The lowest BCUT2D eigenvalue weighted by Crippen LogP contribution is -2.28. The van der Waals surface area contributed by atoms with Crippen LogP contribution < -0.4 is 10.9 Å². The maximum Gasteiger partial charge on any atom is 0.00996 e. The third-order valence-electron chi connectivity index (χ3n) is 1.83. The molecule has 0 bridgehead atoms. The van der Waals surface area contributed by atoms with Crippen molar-refractivity contribution in [1.29, 1.82) is 0 Å². The molecule has 0 aliphatic carbocycles. The normalized spacial score (nSPS) is 10.4. The molecule has 2 heteroatoms. The molecule has 0 saturated carbocycles. The van der Waals surface area contributed by atoms with Crippen LogP contribution in [0.1, 0.15) is 45.4 Å². The second-order valence-electron chi connectivity index (χ2n) is 2.94. The first-order chi connectivity index (χ1) is 5.41. The number of hydrazine groups is 1. The molecule has 0 radical (unpaired) electrons. The Morgan fingerprint density at radius 3 is 2.18 bits per heavy atom. The molecule has 0 saturated heterocycles. The largest absolute Gasteiger partial charge is 0.261 e. The van der Waals surface area contributed by atoms with Crippen LogP contribution in [0, 0.1) is 0 Å². The topological polar surface area (TPSA) is 24.1 Å². The van der Waals surface area contributed by atoms with E-state index < -0.39 is 0 Å². The molecule has 0 aromatic carbocycles. The van der Waals surface area contributed by atoms with Crippen LogP contribution in [0.15, 0.2) is 0 Å². The van der Waals surface area contributed by atoms with Gasteiger partial charge in [0, 0.05) is 6.54 Å². The third-order valence-corrected chi connectivity index (χ3v) is 1.83. The maximum absolute atomic E-state index is 3.09. The smallest absolute Gasteiger partial charge is 0.00996 e. The molecule has 0 aromatic heterocycles. The van der Waals surface area contributed by atoms with Gasteiger partial charge in [-0.15, -0.1) is 0 Å². The van der Waals surface area contributed by atoms with Gasteiger partial charge in [-0.2, -0.15) is 0 Å². The number of unbranched alkanes of at least 4 members (excludes halogenated alkanes) is 5. The Hall–Kier alpha value is -0.0800. The van der Waals surface area contributed by atoms with Gasteiger partial charge in [-0.05, 0) is 13.5 Å². The molecular formula is C9H22N2. The van der Waals surface area contributed by atoms with Crippen molar-refractivity contribution in [3.05, 3.63) is 0 Å². The Morgan fingerprint density at radius 2 is 1.55 bits per heavy atom. The molecular weight excluding hydrogens is 136 g/mol. The van der Waals surface area contributed by atoms with Crippen LogP contribution in [0.2, 0.25) is 0 Å². The summed E-state index contributed by atoms with van der Waals surface area (Å²) in [4.78, 5) is 0. The minimum absolute atomic E-state index is 1.10. The molecule has 11 heavy (non-hydrogen) atoms. The zero-order valence-corrected chi connectivity index (χ0v) is 7.95. The summed E-state index contributed by atoms with van der Waals surface area (Å²) in [6, 6.07) is 0. The van der Waals surface area contributed by atoms with Gasteiger partial charge >= 0.3 is 0 Å². The van der Waals surface area contributed by atoms with Crippen molar-refractivity contribution in [3.63, 3.8) is 0 Å². The summed E-state index contributed by atoms with van der Waals surface area (Å²) >= 11 is 0. The lowest BCUT2D eigenvalue weighted by molar-refractivity contribution is 0.536. The Balaban J connectivity index is 2.69. The molecule has 2 nitrogen and oxygen atoms in total. The molecule has 68 valence electrons. The molecule has 2 N–H and O–H groups in total. The van der Waals surface area contributed by atoms with Crippen molar-refractivity contribution < 1.29 is 0 Å². The quantitative estimate of drug-likeness (QED) is 0.417. The highest BCUT2D eigenvalue weighted by Crippen LogP contribution is 2.03. The Bertz CT molecular complexity index is 56.6. The second-order valence-corrected chi connectivity index (χ2v) is 2.94. The van der Waals surface area contributed by atoms with E-state index in [0.29, 0.717) is 0 Å². The predicted molar refractivity (Wildman–Crippen MR) is 50.4 cm³/mol. The Kier molecular flexibility index (Phi) is 9.85. The van der Waals surface area contributed by atoms with Crippen molar-refractivity contribution in [2.45, 2.75) is 45.4 Å². The van der Waals surface area contributed by atoms with Gasteiger partial charge in [-0.1, -0.05) is 39.0 Å². The van der Waals surface area contributed by atoms with E-state index in [2.05, 4.69) is 17.8 Å². The van der Waals surface area contributed by atoms with Crippen LogP contribution in [-0.4, -0.2) is 13.6 Å². The third kappa shape index (κ3) is 9.92. The molecule has 0 amide bonds. The van der Waals surface area contributed by atoms with E-state index in [4.69, 9.17) is 0 Å². The molecule has 0 aliphatic rings. The van der Waals surface area contributed by atoms with Crippen LogP contribution in [-0.2, 0) is 0 Å². The van der Waals surface area contributed by atoms with Gasteiger partial charge in [0.05, 0.1) is 0 Å². The van der Waals surface area contributed by atoms with Crippen molar-refractivity contribution in [3.8, 4) is 0 Å². The minimum Gasteiger partial charge on any atom is -0.261 e. The maximum atomic E-state index is 3.09.